The Morgan fingerprint density at radius 2 is 2.23 bits per heavy atom. The highest BCUT2D eigenvalue weighted by atomic mass is 16.5. The molecule has 2 aromatic heterocycles. The number of carbonyl (C=O) groups excluding carboxylic acids is 1. The molecule has 2 aromatic rings. The Morgan fingerprint density at radius 1 is 1.41 bits per heavy atom. The van der Waals surface area contributed by atoms with Gasteiger partial charge >= 0.3 is 0 Å². The molecular formula is C15H19N5O2. The lowest BCUT2D eigenvalue weighted by Crippen LogP contribution is -2.31. The SMILES string of the molecule is Cc1nn(C)c(C)c1C(=O)N1CC[C@H](Oc2cccnn2)C1. The summed E-state index contributed by atoms with van der Waals surface area (Å²) in [6.07, 6.45) is 2.35. The van der Waals surface area contributed by atoms with Gasteiger partial charge in [0.1, 0.15) is 6.10 Å². The molecular weight excluding hydrogens is 282 g/mol. The van der Waals surface area contributed by atoms with Crippen LogP contribution in [0.15, 0.2) is 18.3 Å². The van der Waals surface area contributed by atoms with Crippen molar-refractivity contribution in [3.05, 3.63) is 35.3 Å². The van der Waals surface area contributed by atoms with E-state index in [0.29, 0.717) is 24.5 Å². The third-order valence-electron chi connectivity index (χ3n) is 3.99. The molecule has 1 aliphatic heterocycles. The molecule has 1 fully saturated rings. The van der Waals surface area contributed by atoms with E-state index in [1.54, 1.807) is 23.0 Å². The first kappa shape index (κ1) is 14.5. The fraction of sp³-hybridized carbons (Fsp3) is 0.467. The number of aryl methyl sites for hydroxylation is 2. The van der Waals surface area contributed by atoms with Gasteiger partial charge in [-0.2, -0.15) is 10.2 Å². The molecule has 22 heavy (non-hydrogen) atoms. The molecule has 0 unspecified atom stereocenters. The molecule has 0 saturated carbocycles. The third-order valence-corrected chi connectivity index (χ3v) is 3.99. The molecule has 116 valence electrons. The molecule has 0 radical (unpaired) electrons. The predicted molar refractivity (Wildman–Crippen MR) is 79.7 cm³/mol. The summed E-state index contributed by atoms with van der Waals surface area (Å²) in [5.41, 5.74) is 2.35. The maximum absolute atomic E-state index is 12.7. The molecule has 0 N–H and O–H groups in total. The van der Waals surface area contributed by atoms with Crippen LogP contribution in [0.4, 0.5) is 0 Å². The van der Waals surface area contributed by atoms with E-state index in [4.69, 9.17) is 4.74 Å². The molecule has 0 spiro atoms. The van der Waals surface area contributed by atoms with E-state index in [-0.39, 0.29) is 12.0 Å². The van der Waals surface area contributed by atoms with Crippen molar-refractivity contribution in [3.63, 3.8) is 0 Å². The van der Waals surface area contributed by atoms with Gasteiger partial charge in [0.15, 0.2) is 0 Å². The number of nitrogens with zero attached hydrogens (tertiary/aromatic N) is 5. The van der Waals surface area contributed by atoms with Gasteiger partial charge in [-0.25, -0.2) is 0 Å². The van der Waals surface area contributed by atoms with Crippen LogP contribution in [0.3, 0.4) is 0 Å². The van der Waals surface area contributed by atoms with Crippen LogP contribution in [0.25, 0.3) is 0 Å². The molecule has 1 atom stereocenters. The van der Waals surface area contributed by atoms with Crippen LogP contribution in [-0.4, -0.2) is 50.0 Å². The minimum Gasteiger partial charge on any atom is -0.471 e. The van der Waals surface area contributed by atoms with Crippen molar-refractivity contribution < 1.29 is 9.53 Å². The second kappa shape index (κ2) is 5.75. The minimum absolute atomic E-state index is 0.0216. The molecule has 3 heterocycles. The molecule has 0 aliphatic carbocycles. The Morgan fingerprint density at radius 3 is 2.86 bits per heavy atom. The first-order chi connectivity index (χ1) is 10.6. The van der Waals surface area contributed by atoms with Crippen molar-refractivity contribution in [1.29, 1.82) is 0 Å². The quantitative estimate of drug-likeness (QED) is 0.849. The summed E-state index contributed by atoms with van der Waals surface area (Å²) in [5.74, 6) is 0.517. The number of hydrogen-bond donors (Lipinski definition) is 0. The summed E-state index contributed by atoms with van der Waals surface area (Å²) in [6, 6.07) is 3.55. The van der Waals surface area contributed by atoms with Gasteiger partial charge in [0, 0.05) is 38.0 Å². The van der Waals surface area contributed by atoms with E-state index in [2.05, 4.69) is 15.3 Å². The Labute approximate surface area is 128 Å². The third kappa shape index (κ3) is 2.66. The summed E-state index contributed by atoms with van der Waals surface area (Å²) in [6.45, 7) is 5.02. The summed E-state index contributed by atoms with van der Waals surface area (Å²) >= 11 is 0. The normalized spacial score (nSPS) is 17.8. The second-order valence-electron chi connectivity index (χ2n) is 5.51. The number of aromatic nitrogens is 4. The minimum atomic E-state index is -0.0436. The van der Waals surface area contributed by atoms with Crippen molar-refractivity contribution >= 4 is 5.91 Å². The van der Waals surface area contributed by atoms with E-state index in [0.717, 1.165) is 17.8 Å². The number of rotatable bonds is 3. The van der Waals surface area contributed by atoms with Gasteiger partial charge in [-0.15, -0.1) is 5.10 Å². The van der Waals surface area contributed by atoms with Crippen molar-refractivity contribution in [1.82, 2.24) is 24.9 Å². The fourth-order valence-corrected chi connectivity index (χ4v) is 2.77. The van der Waals surface area contributed by atoms with Crippen molar-refractivity contribution in [2.24, 2.45) is 7.05 Å². The monoisotopic (exact) mass is 301 g/mol. The summed E-state index contributed by atoms with van der Waals surface area (Å²) in [5, 5.41) is 12.0. The Balaban J connectivity index is 1.68. The largest absolute Gasteiger partial charge is 0.471 e. The smallest absolute Gasteiger partial charge is 0.257 e. The van der Waals surface area contributed by atoms with Crippen LogP contribution in [0, 0.1) is 13.8 Å². The Hall–Kier alpha value is -2.44. The number of likely N-dealkylation sites (tertiary alicyclic amines) is 1. The van der Waals surface area contributed by atoms with Gasteiger partial charge in [0.25, 0.3) is 5.91 Å². The van der Waals surface area contributed by atoms with Gasteiger partial charge in [-0.05, 0) is 19.9 Å². The zero-order valence-electron chi connectivity index (χ0n) is 13.0. The van der Waals surface area contributed by atoms with Crippen LogP contribution in [0.5, 0.6) is 5.88 Å². The van der Waals surface area contributed by atoms with Crippen LogP contribution in [-0.2, 0) is 7.05 Å². The number of carbonyl (C=O) groups is 1. The highest BCUT2D eigenvalue weighted by Crippen LogP contribution is 2.21. The zero-order chi connectivity index (χ0) is 15.7. The molecule has 1 aliphatic rings. The standard InChI is InChI=1S/C15H19N5O2/c1-10-14(11(2)19(3)18-10)15(21)20-8-6-12(9-20)22-13-5-4-7-16-17-13/h4-5,7,12H,6,8-9H2,1-3H3/t12-/m0/s1. The molecule has 7 heteroatoms. The van der Waals surface area contributed by atoms with Gasteiger partial charge in [-0.1, -0.05) is 0 Å². The molecule has 0 aromatic carbocycles. The van der Waals surface area contributed by atoms with E-state index < -0.39 is 0 Å². The van der Waals surface area contributed by atoms with E-state index >= 15 is 0 Å². The van der Waals surface area contributed by atoms with Crippen molar-refractivity contribution in [3.8, 4) is 5.88 Å². The Bertz CT molecular complexity index is 683. The van der Waals surface area contributed by atoms with Crippen LogP contribution in [0.2, 0.25) is 0 Å². The van der Waals surface area contributed by atoms with Gasteiger partial charge in [-0.3, -0.25) is 9.48 Å². The Kier molecular flexibility index (Phi) is 3.79. The summed E-state index contributed by atoms with van der Waals surface area (Å²) < 4.78 is 7.51. The fourth-order valence-electron chi connectivity index (χ4n) is 2.77. The van der Waals surface area contributed by atoms with Gasteiger partial charge in [0.2, 0.25) is 5.88 Å². The number of hydrogen-bond acceptors (Lipinski definition) is 5. The molecule has 1 saturated heterocycles. The van der Waals surface area contributed by atoms with Crippen LogP contribution in [0.1, 0.15) is 28.2 Å². The van der Waals surface area contributed by atoms with Crippen LogP contribution >= 0.6 is 0 Å². The maximum Gasteiger partial charge on any atom is 0.257 e. The van der Waals surface area contributed by atoms with Crippen molar-refractivity contribution in [2.45, 2.75) is 26.4 Å². The van der Waals surface area contributed by atoms with E-state index in [9.17, 15) is 4.79 Å². The van der Waals surface area contributed by atoms with Crippen LogP contribution < -0.4 is 4.74 Å². The summed E-state index contributed by atoms with van der Waals surface area (Å²) in [4.78, 5) is 14.5. The lowest BCUT2D eigenvalue weighted by atomic mass is 10.2. The summed E-state index contributed by atoms with van der Waals surface area (Å²) in [7, 11) is 1.85. The first-order valence-corrected chi connectivity index (χ1v) is 7.30. The first-order valence-electron chi connectivity index (χ1n) is 7.30. The maximum atomic E-state index is 12.7. The lowest BCUT2D eigenvalue weighted by molar-refractivity contribution is 0.0769. The molecule has 1 amide bonds. The van der Waals surface area contributed by atoms with Gasteiger partial charge in [0.05, 0.1) is 17.8 Å². The average molecular weight is 301 g/mol. The number of ether oxygens (including phenoxy) is 1. The van der Waals surface area contributed by atoms with Gasteiger partial charge < -0.3 is 9.64 Å². The predicted octanol–water partition coefficient (Wildman–Crippen LogP) is 1.12. The topological polar surface area (TPSA) is 73.1 Å². The highest BCUT2D eigenvalue weighted by Gasteiger charge is 2.31. The molecule has 0 bridgehead atoms. The highest BCUT2D eigenvalue weighted by molar-refractivity contribution is 5.96. The second-order valence-corrected chi connectivity index (χ2v) is 5.51. The number of amides is 1. The van der Waals surface area contributed by atoms with Crippen molar-refractivity contribution in [2.75, 3.05) is 13.1 Å². The lowest BCUT2D eigenvalue weighted by Gasteiger charge is -2.17. The van der Waals surface area contributed by atoms with E-state index in [1.807, 2.05) is 25.8 Å². The zero-order valence-corrected chi connectivity index (χ0v) is 13.0. The average Bonchev–Trinajstić information content (AvgIpc) is 3.05. The molecule has 7 nitrogen and oxygen atoms in total. The van der Waals surface area contributed by atoms with E-state index in [1.165, 1.54) is 0 Å². The molecule has 3 rings (SSSR count).